The van der Waals surface area contributed by atoms with Crippen LogP contribution in [0.25, 0.3) is 55.0 Å². The molecular weight excluding hydrogens is 607 g/mol. The zero-order valence-corrected chi connectivity index (χ0v) is 29.8. The highest BCUT2D eigenvalue weighted by molar-refractivity contribution is 6.10. The highest BCUT2D eigenvalue weighted by Crippen LogP contribution is 2.46. The highest BCUT2D eigenvalue weighted by Gasteiger charge is 2.24. The fraction of sp³-hybridized carbons (Fsp3) is 0.167. The van der Waals surface area contributed by atoms with Gasteiger partial charge in [0.05, 0.1) is 5.69 Å². The third kappa shape index (κ3) is 5.65. The molecule has 0 N–H and O–H groups in total. The Kier molecular flexibility index (Phi) is 7.64. The maximum Gasteiger partial charge on any atom is 0.137 e. The van der Waals surface area contributed by atoms with Crippen molar-refractivity contribution in [3.8, 4) is 22.3 Å². The van der Waals surface area contributed by atoms with Crippen molar-refractivity contribution in [2.24, 2.45) is 0 Å². The van der Waals surface area contributed by atoms with Gasteiger partial charge in [0.15, 0.2) is 0 Å². The molecule has 0 spiro atoms. The van der Waals surface area contributed by atoms with Gasteiger partial charge in [-0.25, -0.2) is 0 Å². The van der Waals surface area contributed by atoms with Crippen LogP contribution < -0.4 is 4.90 Å². The number of fused-ring (bicyclic) bond motifs is 4. The summed E-state index contributed by atoms with van der Waals surface area (Å²) in [6, 6.07) is 55.0. The molecule has 0 amide bonds. The lowest BCUT2D eigenvalue weighted by molar-refractivity contribution is 0.569. The molecule has 0 aliphatic carbocycles. The van der Waals surface area contributed by atoms with E-state index in [0.717, 1.165) is 39.0 Å². The summed E-state index contributed by atoms with van der Waals surface area (Å²) in [6.07, 6.45) is 0. The van der Waals surface area contributed by atoms with Crippen LogP contribution in [-0.4, -0.2) is 0 Å². The Morgan fingerprint density at radius 2 is 1.04 bits per heavy atom. The molecule has 2 nitrogen and oxygen atoms in total. The molecule has 246 valence electrons. The van der Waals surface area contributed by atoms with Crippen molar-refractivity contribution in [1.82, 2.24) is 0 Å². The van der Waals surface area contributed by atoms with Gasteiger partial charge >= 0.3 is 0 Å². The lowest BCUT2D eigenvalue weighted by Gasteiger charge is -2.28. The molecule has 8 rings (SSSR count). The van der Waals surface area contributed by atoms with E-state index in [9.17, 15) is 0 Å². The van der Waals surface area contributed by atoms with Gasteiger partial charge in [-0.05, 0) is 85.8 Å². The minimum absolute atomic E-state index is 0.0210. The average molecular weight is 650 g/mol. The van der Waals surface area contributed by atoms with Gasteiger partial charge in [-0.1, -0.05) is 151 Å². The number of hydrogen-bond acceptors (Lipinski definition) is 2. The van der Waals surface area contributed by atoms with E-state index in [1.807, 2.05) is 12.1 Å². The molecular formula is C48H43NO. The fourth-order valence-electron chi connectivity index (χ4n) is 7.21. The Morgan fingerprint density at radius 3 is 1.76 bits per heavy atom. The van der Waals surface area contributed by atoms with E-state index in [1.165, 1.54) is 44.2 Å². The van der Waals surface area contributed by atoms with Crippen LogP contribution in [0.5, 0.6) is 0 Å². The van der Waals surface area contributed by atoms with Gasteiger partial charge in [-0.15, -0.1) is 0 Å². The van der Waals surface area contributed by atoms with Crippen LogP contribution >= 0.6 is 0 Å². The molecule has 0 radical (unpaired) electrons. The Balaban J connectivity index is 1.37. The molecule has 8 aromatic rings. The molecule has 1 heterocycles. The zero-order chi connectivity index (χ0) is 34.6. The minimum atomic E-state index is 0.0210. The van der Waals surface area contributed by atoms with E-state index in [2.05, 4.69) is 186 Å². The second-order valence-corrected chi connectivity index (χ2v) is 15.5. The van der Waals surface area contributed by atoms with Crippen molar-refractivity contribution in [3.63, 3.8) is 0 Å². The molecule has 0 saturated carbocycles. The number of nitrogens with zero attached hydrogens (tertiary/aromatic N) is 1. The topological polar surface area (TPSA) is 16.4 Å². The Labute approximate surface area is 295 Å². The molecule has 2 heteroatoms. The smallest absolute Gasteiger partial charge is 0.137 e. The van der Waals surface area contributed by atoms with E-state index in [4.69, 9.17) is 4.42 Å². The van der Waals surface area contributed by atoms with Crippen LogP contribution in [0.2, 0.25) is 0 Å². The molecule has 7 aromatic carbocycles. The van der Waals surface area contributed by atoms with Gasteiger partial charge in [0.1, 0.15) is 11.2 Å². The fourth-order valence-corrected chi connectivity index (χ4v) is 7.21. The maximum atomic E-state index is 6.39. The summed E-state index contributed by atoms with van der Waals surface area (Å²) in [6.45, 7) is 13.9. The summed E-state index contributed by atoms with van der Waals surface area (Å²) in [5.41, 5.74) is 12.6. The van der Waals surface area contributed by atoms with Crippen LogP contribution in [0.3, 0.4) is 0 Å². The van der Waals surface area contributed by atoms with E-state index < -0.39 is 0 Å². The standard InChI is InChI=1S/C48H43NO/c1-47(2,3)34-28-33(29-35(30-34)48(4,5)6)38-22-14-16-32-17-15-23-42(46(32)38)39-20-10-12-24-43(39)49(36-18-8-7-9-19-36)37-26-27-41-40-21-11-13-25-44(40)50-45(41)31-37/h7-31H,1-6H3. The van der Waals surface area contributed by atoms with Crippen LogP contribution in [0.1, 0.15) is 52.7 Å². The number of furan rings is 1. The number of para-hydroxylation sites is 3. The molecule has 0 atom stereocenters. The Hall–Kier alpha value is -5.60. The predicted octanol–water partition coefficient (Wildman–Crippen LogP) is 14.1. The first kappa shape index (κ1) is 31.7. The average Bonchev–Trinajstić information content (AvgIpc) is 3.49. The molecule has 0 aliphatic rings. The second kappa shape index (κ2) is 12.1. The van der Waals surface area contributed by atoms with Crippen LogP contribution in [0.15, 0.2) is 156 Å². The summed E-state index contributed by atoms with van der Waals surface area (Å²) >= 11 is 0. The molecule has 0 aliphatic heterocycles. The minimum Gasteiger partial charge on any atom is -0.456 e. The van der Waals surface area contributed by atoms with Gasteiger partial charge in [-0.3, -0.25) is 0 Å². The van der Waals surface area contributed by atoms with Crippen molar-refractivity contribution >= 4 is 49.8 Å². The van der Waals surface area contributed by atoms with E-state index in [1.54, 1.807) is 0 Å². The quantitative estimate of drug-likeness (QED) is 0.184. The summed E-state index contributed by atoms with van der Waals surface area (Å²) in [4.78, 5) is 2.36. The van der Waals surface area contributed by atoms with E-state index in [0.29, 0.717) is 0 Å². The second-order valence-electron chi connectivity index (χ2n) is 15.5. The number of hydrogen-bond donors (Lipinski definition) is 0. The van der Waals surface area contributed by atoms with Gasteiger partial charge in [-0.2, -0.15) is 0 Å². The van der Waals surface area contributed by atoms with Crippen molar-refractivity contribution in [1.29, 1.82) is 0 Å². The van der Waals surface area contributed by atoms with Gasteiger partial charge < -0.3 is 9.32 Å². The number of benzene rings is 7. The molecule has 50 heavy (non-hydrogen) atoms. The van der Waals surface area contributed by atoms with Gasteiger partial charge in [0, 0.05) is 33.8 Å². The molecule has 0 bridgehead atoms. The van der Waals surface area contributed by atoms with Crippen molar-refractivity contribution in [3.05, 3.63) is 163 Å². The first-order chi connectivity index (χ1) is 24.1. The lowest BCUT2D eigenvalue weighted by atomic mass is 9.78. The van der Waals surface area contributed by atoms with Crippen LogP contribution in [0.4, 0.5) is 17.1 Å². The Morgan fingerprint density at radius 1 is 0.440 bits per heavy atom. The van der Waals surface area contributed by atoms with Crippen molar-refractivity contribution in [2.75, 3.05) is 4.90 Å². The summed E-state index contributed by atoms with van der Waals surface area (Å²) < 4.78 is 6.39. The highest BCUT2D eigenvalue weighted by atomic mass is 16.3. The van der Waals surface area contributed by atoms with Crippen molar-refractivity contribution < 1.29 is 4.42 Å². The Bertz CT molecular complexity index is 2470. The third-order valence-electron chi connectivity index (χ3n) is 9.95. The first-order valence-corrected chi connectivity index (χ1v) is 17.6. The largest absolute Gasteiger partial charge is 0.456 e. The molecule has 0 unspecified atom stereocenters. The molecule has 0 fully saturated rings. The summed E-state index contributed by atoms with van der Waals surface area (Å²) in [7, 11) is 0. The normalized spacial score (nSPS) is 12.2. The summed E-state index contributed by atoms with van der Waals surface area (Å²) in [5, 5.41) is 4.74. The monoisotopic (exact) mass is 649 g/mol. The SMILES string of the molecule is CC(C)(C)c1cc(-c2cccc3cccc(-c4ccccc4N(c4ccccc4)c4ccc5c(c4)oc4ccccc45)c23)cc(C(C)(C)C)c1. The zero-order valence-electron chi connectivity index (χ0n) is 29.8. The maximum absolute atomic E-state index is 6.39. The summed E-state index contributed by atoms with van der Waals surface area (Å²) in [5.74, 6) is 0. The van der Waals surface area contributed by atoms with E-state index >= 15 is 0 Å². The first-order valence-electron chi connectivity index (χ1n) is 17.6. The van der Waals surface area contributed by atoms with Gasteiger partial charge in [0.2, 0.25) is 0 Å². The molecule has 0 saturated heterocycles. The van der Waals surface area contributed by atoms with Gasteiger partial charge in [0.25, 0.3) is 0 Å². The lowest BCUT2D eigenvalue weighted by Crippen LogP contribution is -2.16. The third-order valence-corrected chi connectivity index (χ3v) is 9.95. The molecule has 1 aromatic heterocycles. The van der Waals surface area contributed by atoms with Crippen molar-refractivity contribution in [2.45, 2.75) is 52.4 Å². The number of anilines is 3. The van der Waals surface area contributed by atoms with E-state index in [-0.39, 0.29) is 10.8 Å². The number of rotatable bonds is 5. The van der Waals surface area contributed by atoms with Crippen LogP contribution in [0, 0.1) is 0 Å². The predicted molar refractivity (Wildman–Crippen MR) is 214 cm³/mol. The van der Waals surface area contributed by atoms with Crippen LogP contribution in [-0.2, 0) is 10.8 Å².